The van der Waals surface area contributed by atoms with Crippen LogP contribution in [0.2, 0.25) is 0 Å². The Morgan fingerprint density at radius 1 is 1.31 bits per heavy atom. The van der Waals surface area contributed by atoms with E-state index in [1.165, 1.54) is 13.8 Å². The SMILES string of the molecule is CC1(C)C(=O)N(CC(O)CO)C(=O)N1CO. The average molecular weight is 232 g/mol. The number of hydrogen-bond donors (Lipinski definition) is 3. The van der Waals surface area contributed by atoms with E-state index < -0.39 is 36.9 Å². The highest BCUT2D eigenvalue weighted by Gasteiger charge is 2.51. The summed E-state index contributed by atoms with van der Waals surface area (Å²) in [5, 5.41) is 26.9. The van der Waals surface area contributed by atoms with Gasteiger partial charge in [0.05, 0.1) is 19.3 Å². The van der Waals surface area contributed by atoms with Crippen LogP contribution in [-0.2, 0) is 4.79 Å². The minimum atomic E-state index is -1.16. The van der Waals surface area contributed by atoms with E-state index in [2.05, 4.69) is 0 Å². The van der Waals surface area contributed by atoms with Gasteiger partial charge in [0.1, 0.15) is 12.3 Å². The van der Waals surface area contributed by atoms with Crippen molar-refractivity contribution >= 4 is 11.9 Å². The maximum Gasteiger partial charge on any atom is 0.329 e. The molecule has 0 aromatic heterocycles. The van der Waals surface area contributed by atoms with Crippen LogP contribution in [0, 0.1) is 0 Å². The third kappa shape index (κ3) is 1.89. The molecule has 1 atom stereocenters. The van der Waals surface area contributed by atoms with Gasteiger partial charge in [-0.05, 0) is 13.8 Å². The average Bonchev–Trinajstić information content (AvgIpc) is 2.38. The molecule has 1 rings (SSSR count). The lowest BCUT2D eigenvalue weighted by molar-refractivity contribution is -0.133. The Hall–Kier alpha value is -1.18. The summed E-state index contributed by atoms with van der Waals surface area (Å²) in [5.74, 6) is -0.501. The monoisotopic (exact) mass is 232 g/mol. The van der Waals surface area contributed by atoms with Gasteiger partial charge in [0.2, 0.25) is 0 Å². The smallest absolute Gasteiger partial charge is 0.329 e. The second-order valence-electron chi connectivity index (χ2n) is 4.16. The van der Waals surface area contributed by atoms with Crippen molar-refractivity contribution in [3.63, 3.8) is 0 Å². The summed E-state index contributed by atoms with van der Waals surface area (Å²) in [7, 11) is 0. The molecule has 3 amide bonds. The van der Waals surface area contributed by atoms with Crippen molar-refractivity contribution in [1.82, 2.24) is 9.80 Å². The fraction of sp³-hybridized carbons (Fsp3) is 0.778. The van der Waals surface area contributed by atoms with Gasteiger partial charge in [0.25, 0.3) is 5.91 Å². The van der Waals surface area contributed by atoms with Gasteiger partial charge in [-0.15, -0.1) is 0 Å². The number of nitrogens with zero attached hydrogens (tertiary/aromatic N) is 2. The molecule has 0 aliphatic carbocycles. The summed E-state index contributed by atoms with van der Waals surface area (Å²) in [6, 6.07) is -0.662. The molecule has 0 radical (unpaired) electrons. The van der Waals surface area contributed by atoms with E-state index in [4.69, 9.17) is 10.2 Å². The number of aliphatic hydroxyl groups excluding tert-OH is 3. The fourth-order valence-corrected chi connectivity index (χ4v) is 1.58. The number of amides is 3. The molecular weight excluding hydrogens is 216 g/mol. The minimum absolute atomic E-state index is 0.270. The molecule has 0 saturated carbocycles. The fourth-order valence-electron chi connectivity index (χ4n) is 1.58. The molecule has 92 valence electrons. The highest BCUT2D eigenvalue weighted by atomic mass is 16.3. The Kier molecular flexibility index (Phi) is 3.51. The van der Waals surface area contributed by atoms with Crippen molar-refractivity contribution in [2.45, 2.75) is 25.5 Å². The summed E-state index contributed by atoms with van der Waals surface area (Å²) in [6.45, 7) is 1.65. The van der Waals surface area contributed by atoms with Crippen molar-refractivity contribution < 1.29 is 24.9 Å². The van der Waals surface area contributed by atoms with Crippen LogP contribution in [0.3, 0.4) is 0 Å². The van der Waals surface area contributed by atoms with Crippen LogP contribution in [0.1, 0.15) is 13.8 Å². The van der Waals surface area contributed by atoms with Gasteiger partial charge >= 0.3 is 6.03 Å². The summed E-state index contributed by atoms with van der Waals surface area (Å²) in [6.07, 6.45) is -1.16. The molecule has 1 fully saturated rings. The number of hydrogen-bond acceptors (Lipinski definition) is 5. The second kappa shape index (κ2) is 4.36. The first-order chi connectivity index (χ1) is 7.36. The summed E-state index contributed by atoms with van der Waals surface area (Å²) in [4.78, 5) is 25.3. The van der Waals surface area contributed by atoms with E-state index in [1.54, 1.807) is 0 Å². The van der Waals surface area contributed by atoms with Gasteiger partial charge in [0, 0.05) is 0 Å². The van der Waals surface area contributed by atoms with Crippen LogP contribution in [-0.4, -0.2) is 68.6 Å². The molecule has 1 saturated heterocycles. The standard InChI is InChI=1S/C9H16N2O5/c1-9(2)7(15)10(3-6(14)4-12)8(16)11(9)5-13/h6,12-14H,3-5H2,1-2H3. The summed E-state index contributed by atoms with van der Waals surface area (Å²) in [5.41, 5.74) is -1.12. The molecule has 1 aliphatic rings. The molecule has 3 N–H and O–H groups in total. The third-order valence-corrected chi connectivity index (χ3v) is 2.65. The topological polar surface area (TPSA) is 101 Å². The molecule has 0 bridgehead atoms. The largest absolute Gasteiger partial charge is 0.394 e. The molecule has 16 heavy (non-hydrogen) atoms. The first-order valence-electron chi connectivity index (χ1n) is 4.89. The number of imide groups is 1. The summed E-state index contributed by atoms with van der Waals surface area (Å²) < 4.78 is 0. The van der Waals surface area contributed by atoms with Gasteiger partial charge in [0.15, 0.2) is 0 Å². The second-order valence-corrected chi connectivity index (χ2v) is 4.16. The zero-order valence-corrected chi connectivity index (χ0v) is 9.25. The van der Waals surface area contributed by atoms with Crippen LogP contribution in [0.15, 0.2) is 0 Å². The Morgan fingerprint density at radius 2 is 1.88 bits per heavy atom. The number of β-amino-alcohol motifs (C(OH)–C–C–N with tert-alkyl or cyclic N) is 1. The molecule has 1 unspecified atom stereocenters. The van der Waals surface area contributed by atoms with Crippen molar-refractivity contribution in [3.05, 3.63) is 0 Å². The minimum Gasteiger partial charge on any atom is -0.394 e. The molecule has 0 spiro atoms. The van der Waals surface area contributed by atoms with Crippen LogP contribution in [0.25, 0.3) is 0 Å². The van der Waals surface area contributed by atoms with Gasteiger partial charge in [-0.2, -0.15) is 0 Å². The maximum atomic E-state index is 11.8. The molecule has 7 nitrogen and oxygen atoms in total. The van der Waals surface area contributed by atoms with Crippen LogP contribution in [0.5, 0.6) is 0 Å². The number of aliphatic hydroxyl groups is 3. The van der Waals surface area contributed by atoms with E-state index in [0.717, 1.165) is 9.80 Å². The predicted octanol–water partition coefficient (Wildman–Crippen LogP) is -1.67. The van der Waals surface area contributed by atoms with Gasteiger partial charge in [-0.25, -0.2) is 4.79 Å². The maximum absolute atomic E-state index is 11.8. The first kappa shape index (κ1) is 12.9. The lowest BCUT2D eigenvalue weighted by Crippen LogP contribution is -2.44. The molecule has 7 heteroatoms. The van der Waals surface area contributed by atoms with E-state index in [1.807, 2.05) is 0 Å². The van der Waals surface area contributed by atoms with E-state index >= 15 is 0 Å². The van der Waals surface area contributed by atoms with Crippen LogP contribution in [0.4, 0.5) is 4.79 Å². The molecule has 1 aliphatic heterocycles. The quantitative estimate of drug-likeness (QED) is 0.503. The number of rotatable bonds is 4. The van der Waals surface area contributed by atoms with E-state index in [-0.39, 0.29) is 6.54 Å². The molecular formula is C9H16N2O5. The zero-order valence-electron chi connectivity index (χ0n) is 9.25. The Bertz CT molecular complexity index is 304. The van der Waals surface area contributed by atoms with Gasteiger partial charge < -0.3 is 15.3 Å². The number of carbonyl (C=O) groups is 2. The summed E-state index contributed by atoms with van der Waals surface area (Å²) >= 11 is 0. The Balaban J connectivity index is 2.89. The zero-order chi connectivity index (χ0) is 12.5. The third-order valence-electron chi connectivity index (χ3n) is 2.65. The normalized spacial score (nSPS) is 21.8. The number of carbonyl (C=O) groups excluding carboxylic acids is 2. The molecule has 0 aromatic rings. The van der Waals surface area contributed by atoms with Crippen molar-refractivity contribution in [2.24, 2.45) is 0 Å². The van der Waals surface area contributed by atoms with Crippen LogP contribution < -0.4 is 0 Å². The molecule has 1 heterocycles. The highest BCUT2D eigenvalue weighted by Crippen LogP contribution is 2.26. The Morgan fingerprint density at radius 3 is 2.25 bits per heavy atom. The van der Waals surface area contributed by atoms with Crippen LogP contribution >= 0.6 is 0 Å². The lowest BCUT2D eigenvalue weighted by Gasteiger charge is -2.24. The Labute approximate surface area is 92.9 Å². The number of urea groups is 1. The van der Waals surface area contributed by atoms with Crippen molar-refractivity contribution in [1.29, 1.82) is 0 Å². The highest BCUT2D eigenvalue weighted by molar-refractivity contribution is 6.06. The molecule has 0 aromatic carbocycles. The van der Waals surface area contributed by atoms with E-state index in [9.17, 15) is 14.7 Å². The lowest BCUT2D eigenvalue weighted by atomic mass is 10.0. The van der Waals surface area contributed by atoms with Gasteiger partial charge in [-0.3, -0.25) is 14.6 Å². The van der Waals surface area contributed by atoms with Crippen molar-refractivity contribution in [3.8, 4) is 0 Å². The van der Waals surface area contributed by atoms with Gasteiger partial charge in [-0.1, -0.05) is 0 Å². The van der Waals surface area contributed by atoms with Crippen molar-refractivity contribution in [2.75, 3.05) is 19.9 Å². The first-order valence-corrected chi connectivity index (χ1v) is 4.89. The van der Waals surface area contributed by atoms with E-state index in [0.29, 0.717) is 0 Å². The predicted molar refractivity (Wildman–Crippen MR) is 53.2 cm³/mol.